The van der Waals surface area contributed by atoms with E-state index in [9.17, 15) is 18.0 Å². The molecule has 1 aromatic rings. The van der Waals surface area contributed by atoms with Crippen LogP contribution < -0.4 is 10.9 Å². The molecule has 0 spiro atoms. The monoisotopic (exact) mass is 407 g/mol. The summed E-state index contributed by atoms with van der Waals surface area (Å²) in [7, 11) is 1.62. The van der Waals surface area contributed by atoms with Gasteiger partial charge in [-0.05, 0) is 43.9 Å². The number of rotatable bonds is 3. The van der Waals surface area contributed by atoms with Crippen molar-refractivity contribution in [2.24, 2.45) is 5.92 Å². The number of thioether (sulfide) groups is 1. The van der Waals surface area contributed by atoms with E-state index in [1.54, 1.807) is 23.4 Å². The van der Waals surface area contributed by atoms with Gasteiger partial charge in [-0.15, -0.1) is 11.8 Å². The van der Waals surface area contributed by atoms with E-state index in [1.165, 1.54) is 0 Å². The molecule has 1 atom stereocenters. The van der Waals surface area contributed by atoms with Gasteiger partial charge >= 0.3 is 6.18 Å². The molecule has 26 heavy (non-hydrogen) atoms. The van der Waals surface area contributed by atoms with Gasteiger partial charge in [-0.1, -0.05) is 17.7 Å². The first-order valence-electron chi connectivity index (χ1n) is 8.62. The first-order chi connectivity index (χ1) is 12.2. The van der Waals surface area contributed by atoms with Gasteiger partial charge in [-0.2, -0.15) is 13.2 Å². The third-order valence-corrected chi connectivity index (χ3v) is 6.65. The summed E-state index contributed by atoms with van der Waals surface area (Å²) in [5, 5.41) is 2.69. The minimum absolute atomic E-state index is 0.0189. The molecule has 9 heteroatoms. The van der Waals surface area contributed by atoms with Crippen LogP contribution in [0.3, 0.4) is 0 Å². The molecule has 2 aliphatic rings. The number of hydrogen-bond donors (Lipinski definition) is 1. The maximum absolute atomic E-state index is 13.0. The molecule has 1 N–H and O–H groups in total. The summed E-state index contributed by atoms with van der Waals surface area (Å²) in [6.45, 7) is 1.97. The smallest absolute Gasteiger partial charge is 0.372 e. The van der Waals surface area contributed by atoms with Crippen molar-refractivity contribution >= 4 is 29.2 Å². The lowest BCUT2D eigenvalue weighted by Crippen LogP contribution is -2.33. The van der Waals surface area contributed by atoms with Crippen molar-refractivity contribution in [1.82, 2.24) is 9.55 Å². The van der Waals surface area contributed by atoms with Crippen LogP contribution in [-0.4, -0.2) is 22.8 Å². The zero-order valence-corrected chi connectivity index (χ0v) is 16.1. The summed E-state index contributed by atoms with van der Waals surface area (Å²) >= 11 is 7.74. The Bertz CT molecular complexity index is 770. The number of anilines is 1. The first-order valence-corrected chi connectivity index (χ1v) is 9.88. The highest BCUT2D eigenvalue weighted by Crippen LogP contribution is 2.45. The van der Waals surface area contributed by atoms with Gasteiger partial charge in [0.1, 0.15) is 10.8 Å². The van der Waals surface area contributed by atoms with Gasteiger partial charge < -0.3 is 5.32 Å². The molecule has 0 aromatic carbocycles. The van der Waals surface area contributed by atoms with Crippen LogP contribution in [0.15, 0.2) is 15.8 Å². The highest BCUT2D eigenvalue weighted by Gasteiger charge is 2.42. The lowest BCUT2D eigenvalue weighted by atomic mass is 9.81. The number of alkyl halides is 3. The summed E-state index contributed by atoms with van der Waals surface area (Å²) in [5.41, 5.74) is -0.334. The molecule has 3 rings (SSSR count). The molecule has 1 aliphatic carbocycles. The van der Waals surface area contributed by atoms with Gasteiger partial charge in [0.2, 0.25) is 0 Å². The molecule has 2 heterocycles. The van der Waals surface area contributed by atoms with Crippen LogP contribution >= 0.6 is 23.4 Å². The van der Waals surface area contributed by atoms with Crippen LogP contribution in [0.1, 0.15) is 56.1 Å². The van der Waals surface area contributed by atoms with Gasteiger partial charge in [0.25, 0.3) is 5.56 Å². The van der Waals surface area contributed by atoms with Crippen LogP contribution in [0.5, 0.6) is 0 Å². The normalized spacial score (nSPS) is 26.7. The van der Waals surface area contributed by atoms with Gasteiger partial charge in [-0.25, -0.2) is 4.98 Å². The first kappa shape index (κ1) is 19.6. The second kappa shape index (κ2) is 7.46. The van der Waals surface area contributed by atoms with Crippen LogP contribution in [0.25, 0.3) is 0 Å². The fourth-order valence-corrected chi connectivity index (χ4v) is 5.03. The molecule has 1 aliphatic heterocycles. The van der Waals surface area contributed by atoms with Gasteiger partial charge in [0.05, 0.1) is 11.3 Å². The zero-order chi connectivity index (χ0) is 19.1. The molecule has 0 radical (unpaired) electrons. The topological polar surface area (TPSA) is 46.9 Å². The fraction of sp³-hybridized carbons (Fsp3) is 0.647. The van der Waals surface area contributed by atoms with Crippen molar-refractivity contribution in [3.05, 3.63) is 32.2 Å². The third kappa shape index (κ3) is 3.76. The Labute approximate surface area is 159 Å². The maximum atomic E-state index is 13.0. The minimum Gasteiger partial charge on any atom is -0.372 e. The molecule has 0 amide bonds. The Morgan fingerprint density at radius 1 is 1.31 bits per heavy atom. The average molecular weight is 408 g/mol. The molecule has 1 fully saturated rings. The molecular weight excluding hydrogens is 387 g/mol. The van der Waals surface area contributed by atoms with Crippen molar-refractivity contribution in [1.29, 1.82) is 0 Å². The van der Waals surface area contributed by atoms with Crippen LogP contribution in [-0.2, 0) is 0 Å². The van der Waals surface area contributed by atoms with Crippen molar-refractivity contribution in [3.8, 4) is 0 Å². The number of halogens is 4. The number of nitrogens with zero attached hydrogens (tertiary/aromatic N) is 2. The molecular formula is C17H21ClF3N3OS. The van der Waals surface area contributed by atoms with E-state index in [4.69, 9.17) is 11.6 Å². The molecule has 1 saturated carbocycles. The fourth-order valence-electron chi connectivity index (χ4n) is 3.68. The Kier molecular flexibility index (Phi) is 5.63. The highest BCUT2D eigenvalue weighted by atomic mass is 35.5. The van der Waals surface area contributed by atoms with E-state index >= 15 is 0 Å². The zero-order valence-electron chi connectivity index (χ0n) is 14.6. The van der Waals surface area contributed by atoms with Crippen LogP contribution in [0.4, 0.5) is 19.0 Å². The second-order valence-corrected chi connectivity index (χ2v) is 8.57. The molecule has 0 saturated heterocycles. The second-order valence-electron chi connectivity index (χ2n) is 6.77. The van der Waals surface area contributed by atoms with E-state index in [1.807, 2.05) is 13.0 Å². The van der Waals surface area contributed by atoms with Crippen molar-refractivity contribution in [3.63, 3.8) is 0 Å². The Hall–Kier alpha value is -1.15. The minimum atomic E-state index is -4.16. The predicted octanol–water partition coefficient (Wildman–Crippen LogP) is 5.31. The summed E-state index contributed by atoms with van der Waals surface area (Å²) in [5.74, 6) is -0.606. The van der Waals surface area contributed by atoms with E-state index in [-0.39, 0.29) is 40.5 Å². The molecule has 1 aromatic heterocycles. The van der Waals surface area contributed by atoms with Gasteiger partial charge in [0.15, 0.2) is 5.82 Å². The number of hydrogen-bond acceptors (Lipinski definition) is 4. The average Bonchev–Trinajstić information content (AvgIpc) is 3.02. The molecule has 0 bridgehead atoms. The lowest BCUT2D eigenvalue weighted by Gasteiger charge is -2.31. The number of nitrogens with one attached hydrogen (secondary N) is 1. The third-order valence-electron chi connectivity index (χ3n) is 5.10. The van der Waals surface area contributed by atoms with Crippen molar-refractivity contribution in [2.75, 3.05) is 12.4 Å². The van der Waals surface area contributed by atoms with Crippen LogP contribution in [0, 0.1) is 5.92 Å². The van der Waals surface area contributed by atoms with E-state index in [2.05, 4.69) is 10.3 Å². The summed E-state index contributed by atoms with van der Waals surface area (Å²) in [6.07, 6.45) is -0.565. The largest absolute Gasteiger partial charge is 0.391 e. The quantitative estimate of drug-likeness (QED) is 0.737. The Morgan fingerprint density at radius 2 is 1.96 bits per heavy atom. The maximum Gasteiger partial charge on any atom is 0.391 e. The van der Waals surface area contributed by atoms with E-state index in [0.717, 1.165) is 4.91 Å². The highest BCUT2D eigenvalue weighted by molar-refractivity contribution is 8.03. The summed E-state index contributed by atoms with van der Waals surface area (Å²) in [6, 6.07) is 0. The predicted molar refractivity (Wildman–Crippen MR) is 98.8 cm³/mol. The molecule has 144 valence electrons. The van der Waals surface area contributed by atoms with Crippen molar-refractivity contribution < 1.29 is 13.2 Å². The van der Waals surface area contributed by atoms with E-state index < -0.39 is 12.1 Å². The number of aromatic nitrogens is 2. The van der Waals surface area contributed by atoms with Crippen LogP contribution in [0.2, 0.25) is 5.02 Å². The van der Waals surface area contributed by atoms with E-state index in [0.29, 0.717) is 25.1 Å². The van der Waals surface area contributed by atoms with Crippen molar-refractivity contribution in [2.45, 2.75) is 56.5 Å². The molecule has 4 nitrogen and oxygen atoms in total. The molecule has 1 unspecified atom stereocenters. The van der Waals surface area contributed by atoms with Gasteiger partial charge in [-0.3, -0.25) is 9.36 Å². The standard InChI is InChI=1S/C17H21ClF3N3OS/c1-9-3-8-12(26-9)24-15(23-14(22-2)13(18)16(24)25)10-4-6-11(7-5-10)17(19,20)21/h3,10-12,22H,4-8H2,1-2H3/t10-,11+,12?. The summed E-state index contributed by atoms with van der Waals surface area (Å²) in [4.78, 5) is 18.5. The SMILES string of the molecule is CNc1nc([C@H]2CC[C@@H](C(F)(F)F)CC2)n(C2CC=C(C)S2)c(=O)c1Cl. The Morgan fingerprint density at radius 3 is 2.46 bits per heavy atom. The number of allylic oxidation sites excluding steroid dienone is 2. The lowest BCUT2D eigenvalue weighted by molar-refractivity contribution is -0.182. The van der Waals surface area contributed by atoms with Gasteiger partial charge in [0, 0.05) is 13.0 Å². The Balaban J connectivity index is 1.96. The summed E-state index contributed by atoms with van der Waals surface area (Å²) < 4.78 is 40.5.